The Morgan fingerprint density at radius 2 is 1.95 bits per heavy atom. The molecule has 204 valence electrons. The molecule has 3 aromatic rings. The number of rotatable bonds is 5. The molecule has 3 heterocycles. The Hall–Kier alpha value is -3.31. The Balaban J connectivity index is 1.66. The first-order chi connectivity index (χ1) is 17.9. The van der Waals surface area contributed by atoms with E-state index in [1.165, 1.54) is 8.76 Å². The number of aryl methyl sites for hydroxylation is 1. The Labute approximate surface area is 226 Å². The van der Waals surface area contributed by atoms with Crippen molar-refractivity contribution >= 4 is 18.4 Å². The molecular formula is C27H35FN6O3S. The van der Waals surface area contributed by atoms with Crippen LogP contribution in [0.25, 0.3) is 22.5 Å². The monoisotopic (exact) mass is 542 g/mol. The molecule has 0 aliphatic carbocycles. The van der Waals surface area contributed by atoms with Gasteiger partial charge in [0.05, 0.1) is 24.5 Å². The lowest BCUT2D eigenvalue weighted by Crippen LogP contribution is -2.44. The van der Waals surface area contributed by atoms with Crippen molar-refractivity contribution in [3.8, 4) is 22.5 Å². The minimum atomic E-state index is -0.562. The van der Waals surface area contributed by atoms with Crippen LogP contribution in [-0.4, -0.2) is 50.2 Å². The van der Waals surface area contributed by atoms with E-state index >= 15 is 0 Å². The van der Waals surface area contributed by atoms with Gasteiger partial charge in [0.15, 0.2) is 12.3 Å². The second kappa shape index (κ2) is 10.8. The fourth-order valence-electron chi connectivity index (χ4n) is 4.57. The van der Waals surface area contributed by atoms with E-state index in [4.69, 9.17) is 20.7 Å². The summed E-state index contributed by atoms with van der Waals surface area (Å²) in [6.45, 7) is 12.7. The summed E-state index contributed by atoms with van der Waals surface area (Å²) in [5.74, 6) is 6.03. The first-order valence-corrected chi connectivity index (χ1v) is 13.2. The van der Waals surface area contributed by atoms with E-state index in [1.807, 2.05) is 65.0 Å². The van der Waals surface area contributed by atoms with Crippen LogP contribution in [0.3, 0.4) is 0 Å². The summed E-state index contributed by atoms with van der Waals surface area (Å²) < 4.78 is 28.1. The van der Waals surface area contributed by atoms with Gasteiger partial charge in [-0.2, -0.15) is 9.19 Å². The molecule has 4 rings (SSSR count). The summed E-state index contributed by atoms with van der Waals surface area (Å²) in [6.07, 6.45) is 0.989. The van der Waals surface area contributed by atoms with Crippen LogP contribution in [0.4, 0.5) is 8.68 Å². The SMILES string of the molecule is Cc1cc(-c2c(C(C)C)c(-c3ccc(C4CN(C(=O)OC(C)(C)C)CCO4)cc3)nn2SF)cn(N)c1=N. The van der Waals surface area contributed by atoms with Crippen LogP contribution in [0.5, 0.6) is 0 Å². The summed E-state index contributed by atoms with van der Waals surface area (Å²) in [4.78, 5) is 14.2. The van der Waals surface area contributed by atoms with Crippen molar-refractivity contribution in [3.05, 3.63) is 58.7 Å². The third kappa shape index (κ3) is 5.73. The molecule has 3 N–H and O–H groups in total. The van der Waals surface area contributed by atoms with Crippen LogP contribution in [0, 0.1) is 12.3 Å². The third-order valence-electron chi connectivity index (χ3n) is 6.36. The van der Waals surface area contributed by atoms with E-state index in [9.17, 15) is 8.68 Å². The van der Waals surface area contributed by atoms with Gasteiger partial charge in [0.1, 0.15) is 17.2 Å². The van der Waals surface area contributed by atoms with E-state index in [2.05, 4.69) is 5.10 Å². The summed E-state index contributed by atoms with van der Waals surface area (Å²) in [5.41, 5.74) is 4.90. The molecule has 1 amide bonds. The van der Waals surface area contributed by atoms with E-state index in [1.54, 1.807) is 18.0 Å². The van der Waals surface area contributed by atoms with Gasteiger partial charge in [0.25, 0.3) is 0 Å². The van der Waals surface area contributed by atoms with E-state index in [0.29, 0.717) is 42.2 Å². The van der Waals surface area contributed by atoms with Gasteiger partial charge in [-0.1, -0.05) is 38.1 Å². The number of hydrogen-bond donors (Lipinski definition) is 2. The zero-order chi connectivity index (χ0) is 27.8. The lowest BCUT2D eigenvalue weighted by molar-refractivity contribution is -0.0432. The van der Waals surface area contributed by atoms with Crippen LogP contribution < -0.4 is 11.3 Å². The number of ether oxygens (including phenoxy) is 2. The third-order valence-corrected chi connectivity index (χ3v) is 6.76. The Bertz CT molecular complexity index is 1350. The maximum atomic E-state index is 14.1. The van der Waals surface area contributed by atoms with E-state index < -0.39 is 5.60 Å². The fourth-order valence-corrected chi connectivity index (χ4v) is 4.96. The maximum absolute atomic E-state index is 14.1. The van der Waals surface area contributed by atoms with Crippen molar-refractivity contribution in [3.63, 3.8) is 0 Å². The standard InChI is InChI=1S/C27H35FN6O3S/c1-16(2)22-23(31-34(38-28)24(22)20-13-17(3)25(29)33(30)14-20)19-9-7-18(8-10-19)21-15-32(11-12-36-21)26(35)37-27(4,5)6/h7-10,13-14,16,21,29H,11-12,15,30H2,1-6H3. The van der Waals surface area contributed by atoms with Gasteiger partial charge < -0.3 is 20.2 Å². The van der Waals surface area contributed by atoms with Crippen molar-refractivity contribution in [2.75, 3.05) is 25.5 Å². The van der Waals surface area contributed by atoms with E-state index in [-0.39, 0.29) is 35.9 Å². The number of hydrogen-bond acceptors (Lipinski definition) is 7. The number of aromatic nitrogens is 3. The molecule has 0 saturated carbocycles. The second-order valence-electron chi connectivity index (χ2n) is 10.8. The smallest absolute Gasteiger partial charge is 0.410 e. The molecule has 1 aliphatic rings. The molecule has 38 heavy (non-hydrogen) atoms. The molecule has 0 spiro atoms. The quantitative estimate of drug-likeness (QED) is 0.422. The van der Waals surface area contributed by atoms with Crippen LogP contribution in [0.2, 0.25) is 0 Å². The number of nitrogens with one attached hydrogen (secondary N) is 1. The largest absolute Gasteiger partial charge is 0.444 e. The molecule has 1 fully saturated rings. The maximum Gasteiger partial charge on any atom is 0.410 e. The van der Waals surface area contributed by atoms with Crippen molar-refractivity contribution in [2.45, 2.75) is 59.2 Å². The first kappa shape index (κ1) is 27.7. The molecule has 2 aromatic heterocycles. The number of amides is 1. The Morgan fingerprint density at radius 1 is 1.26 bits per heavy atom. The molecule has 1 aliphatic heterocycles. The van der Waals surface area contributed by atoms with Gasteiger partial charge in [0.2, 0.25) is 0 Å². The van der Waals surface area contributed by atoms with Gasteiger partial charge in [0, 0.05) is 29.4 Å². The number of nitrogen functional groups attached to an aromatic ring is 1. The average molecular weight is 543 g/mol. The molecule has 1 aromatic carbocycles. The molecule has 11 heteroatoms. The predicted molar refractivity (Wildman–Crippen MR) is 147 cm³/mol. The van der Waals surface area contributed by atoms with Crippen molar-refractivity contribution < 1.29 is 18.2 Å². The van der Waals surface area contributed by atoms with Crippen molar-refractivity contribution in [1.82, 2.24) is 18.8 Å². The van der Waals surface area contributed by atoms with E-state index in [0.717, 1.165) is 16.7 Å². The van der Waals surface area contributed by atoms with Crippen LogP contribution in [0.15, 0.2) is 36.5 Å². The molecular weight excluding hydrogens is 507 g/mol. The first-order valence-electron chi connectivity index (χ1n) is 12.5. The van der Waals surface area contributed by atoms with Gasteiger partial charge in [-0.15, -0.1) is 3.89 Å². The number of benzene rings is 1. The highest BCUT2D eigenvalue weighted by molar-refractivity contribution is 7.92. The average Bonchev–Trinajstić information content (AvgIpc) is 3.26. The summed E-state index contributed by atoms with van der Waals surface area (Å²) in [6, 6.07) is 9.62. The Kier molecular flexibility index (Phi) is 7.89. The van der Waals surface area contributed by atoms with Gasteiger partial charge in [-0.3, -0.25) is 10.1 Å². The van der Waals surface area contributed by atoms with Gasteiger partial charge in [-0.05, 0) is 50.8 Å². The lowest BCUT2D eigenvalue weighted by atomic mass is 9.93. The minimum Gasteiger partial charge on any atom is -0.444 e. The number of carbonyl (C=O) groups excluding carboxylic acids is 1. The number of carbonyl (C=O) groups is 1. The predicted octanol–water partition coefficient (Wildman–Crippen LogP) is 5.33. The fraction of sp³-hybridized carbons (Fsp3) is 0.444. The zero-order valence-corrected chi connectivity index (χ0v) is 23.4. The Morgan fingerprint density at radius 3 is 2.53 bits per heavy atom. The highest BCUT2D eigenvalue weighted by Gasteiger charge is 2.29. The van der Waals surface area contributed by atoms with Crippen molar-refractivity contribution in [2.24, 2.45) is 0 Å². The second-order valence-corrected chi connectivity index (χ2v) is 11.3. The van der Waals surface area contributed by atoms with Gasteiger partial charge in [-0.25, -0.2) is 4.79 Å². The highest BCUT2D eigenvalue weighted by Crippen LogP contribution is 2.39. The van der Waals surface area contributed by atoms with Crippen LogP contribution in [-0.2, 0) is 9.47 Å². The highest BCUT2D eigenvalue weighted by atomic mass is 32.2. The summed E-state index contributed by atoms with van der Waals surface area (Å²) in [7, 11) is 0. The molecule has 0 bridgehead atoms. The topological polar surface area (TPSA) is 111 Å². The van der Waals surface area contributed by atoms with Crippen LogP contribution >= 0.6 is 12.3 Å². The minimum absolute atomic E-state index is 0.0251. The summed E-state index contributed by atoms with van der Waals surface area (Å²) in [5, 5.41) is 12.7. The number of halogens is 1. The number of nitrogens with two attached hydrogens (primary N) is 1. The zero-order valence-electron chi connectivity index (χ0n) is 22.6. The number of pyridine rings is 1. The van der Waals surface area contributed by atoms with Crippen LogP contribution in [0.1, 0.15) is 63.3 Å². The number of morpholine rings is 1. The molecule has 1 saturated heterocycles. The molecule has 9 nitrogen and oxygen atoms in total. The molecule has 0 radical (unpaired) electrons. The molecule has 1 atom stereocenters. The normalized spacial score (nSPS) is 16.2. The summed E-state index contributed by atoms with van der Waals surface area (Å²) >= 11 is 0.0251. The molecule has 1 unspecified atom stereocenters. The van der Waals surface area contributed by atoms with Gasteiger partial charge >= 0.3 is 6.09 Å². The number of nitrogens with zero attached hydrogens (tertiary/aromatic N) is 4. The lowest BCUT2D eigenvalue weighted by Gasteiger charge is -2.34. The van der Waals surface area contributed by atoms with Crippen molar-refractivity contribution in [1.29, 1.82) is 5.41 Å².